The number of fused-ring (bicyclic) bond motifs is 2. The van der Waals surface area contributed by atoms with Gasteiger partial charge in [0.25, 0.3) is 0 Å². The fraction of sp³-hybridized carbons (Fsp3) is 0.412. The second-order valence-corrected chi connectivity index (χ2v) is 11.7. The van der Waals surface area contributed by atoms with E-state index in [1.54, 1.807) is 0 Å². The van der Waals surface area contributed by atoms with Crippen molar-refractivity contribution in [2.75, 3.05) is 23.7 Å². The Bertz CT molecular complexity index is 1320. The molecule has 5 heteroatoms. The molecule has 0 saturated heterocycles. The third-order valence-electron chi connectivity index (χ3n) is 8.35. The Morgan fingerprint density at radius 3 is 2.41 bits per heavy atom. The first-order valence-corrected chi connectivity index (χ1v) is 14.9. The zero-order valence-corrected chi connectivity index (χ0v) is 24.8. The number of rotatable bonds is 12. The Labute approximate surface area is 239 Å². The fourth-order valence-corrected chi connectivity index (χ4v) is 6.48. The highest BCUT2D eigenvalue weighted by molar-refractivity contribution is 7.80. The zero-order chi connectivity index (χ0) is 28.0. The summed E-state index contributed by atoms with van der Waals surface area (Å²) >= 11 is 4.48. The molecule has 0 saturated carbocycles. The van der Waals surface area contributed by atoms with Crippen LogP contribution in [0.15, 0.2) is 84.6 Å². The Hall–Kier alpha value is -3.05. The molecule has 2 heterocycles. The molecule has 2 aliphatic rings. The highest BCUT2D eigenvalue weighted by atomic mass is 32.1. The number of carboxylic acids is 1. The number of carbonyl (C=O) groups is 1. The van der Waals surface area contributed by atoms with Crippen LogP contribution >= 0.6 is 12.6 Å². The first-order valence-electron chi connectivity index (χ1n) is 14.3. The van der Waals surface area contributed by atoms with Gasteiger partial charge < -0.3 is 10.0 Å². The Kier molecular flexibility index (Phi) is 9.22. The van der Waals surface area contributed by atoms with Crippen LogP contribution in [0.5, 0.6) is 0 Å². The van der Waals surface area contributed by atoms with E-state index < -0.39 is 5.97 Å². The average molecular weight is 544 g/mol. The zero-order valence-electron chi connectivity index (χ0n) is 23.9. The van der Waals surface area contributed by atoms with Gasteiger partial charge in [0.15, 0.2) is 5.71 Å². The number of thiol groups is 1. The summed E-state index contributed by atoms with van der Waals surface area (Å²) in [6, 6.07) is 17.4. The van der Waals surface area contributed by atoms with Crippen molar-refractivity contribution in [2.45, 2.75) is 70.6 Å². The van der Waals surface area contributed by atoms with Crippen molar-refractivity contribution in [1.82, 2.24) is 0 Å². The number of allylic oxidation sites excluding steroid dienone is 6. The van der Waals surface area contributed by atoms with Crippen molar-refractivity contribution in [2.24, 2.45) is 0 Å². The van der Waals surface area contributed by atoms with Gasteiger partial charge in [-0.15, -0.1) is 0 Å². The fourth-order valence-electron chi connectivity index (χ4n) is 6.34. The van der Waals surface area contributed by atoms with E-state index in [1.807, 2.05) is 0 Å². The maximum Gasteiger partial charge on any atom is 0.303 e. The normalized spacial score (nSPS) is 20.9. The highest BCUT2D eigenvalue weighted by Crippen LogP contribution is 2.50. The molecule has 0 bridgehead atoms. The molecule has 0 aliphatic carbocycles. The smallest absolute Gasteiger partial charge is 0.303 e. The van der Waals surface area contributed by atoms with Crippen molar-refractivity contribution in [3.05, 3.63) is 95.7 Å². The minimum absolute atomic E-state index is 0.0410. The second-order valence-electron chi connectivity index (χ2n) is 11.2. The lowest BCUT2D eigenvalue weighted by Gasteiger charge is -2.30. The van der Waals surface area contributed by atoms with Crippen LogP contribution in [0.3, 0.4) is 0 Å². The molecule has 0 spiro atoms. The first-order chi connectivity index (χ1) is 18.8. The summed E-state index contributed by atoms with van der Waals surface area (Å²) in [5.74, 6) is 0.116. The molecule has 1 N–H and O–H groups in total. The number of unbranched alkanes of at least 4 members (excludes halogenated alkanes) is 1. The topological polar surface area (TPSA) is 43.5 Å². The number of aliphatic carboxylic acids is 1. The lowest BCUT2D eigenvalue weighted by atomic mass is 9.77. The summed E-state index contributed by atoms with van der Waals surface area (Å²) in [4.78, 5) is 13.5. The van der Waals surface area contributed by atoms with Crippen LogP contribution in [0, 0.1) is 0 Å². The SMILES string of the molecule is CC[N+]1=C(/C=C/C=C/C=C2/N(CCCS)c3ccccc3C2(C)CCCCC(=O)O)C(C)(C)c2ccccc21. The van der Waals surface area contributed by atoms with Gasteiger partial charge in [0.1, 0.15) is 6.54 Å². The van der Waals surface area contributed by atoms with Crippen molar-refractivity contribution in [1.29, 1.82) is 0 Å². The first kappa shape index (κ1) is 28.9. The molecule has 39 heavy (non-hydrogen) atoms. The maximum atomic E-state index is 11.1. The molecule has 0 fully saturated rings. The van der Waals surface area contributed by atoms with Crippen molar-refractivity contribution in [3.8, 4) is 0 Å². The van der Waals surface area contributed by atoms with Gasteiger partial charge in [-0.3, -0.25) is 4.79 Å². The lowest BCUT2D eigenvalue weighted by Crippen LogP contribution is -2.29. The predicted molar refractivity (Wildman–Crippen MR) is 167 cm³/mol. The summed E-state index contributed by atoms with van der Waals surface area (Å²) in [7, 11) is 0. The van der Waals surface area contributed by atoms with Gasteiger partial charge in [0.05, 0.1) is 5.41 Å². The van der Waals surface area contributed by atoms with Crippen LogP contribution in [0.2, 0.25) is 0 Å². The van der Waals surface area contributed by atoms with Crippen LogP contribution in [-0.4, -0.2) is 40.2 Å². The summed E-state index contributed by atoms with van der Waals surface area (Å²) in [6.45, 7) is 11.0. The molecule has 1 atom stereocenters. The molecule has 4 rings (SSSR count). The quantitative estimate of drug-likeness (QED) is 0.124. The molecular formula is C34H43N2O2S+. The average Bonchev–Trinajstić information content (AvgIpc) is 3.29. The van der Waals surface area contributed by atoms with Crippen LogP contribution in [-0.2, 0) is 15.6 Å². The standard InChI is InChI=1S/C34H42N2O2S/c1-5-35-28-18-11-9-16-26(28)33(2,3)30(35)20-7-6-8-21-31-34(4,23-14-13-22-32(37)38)27-17-10-12-19-29(27)36(31)24-15-25-39/h6-12,16-21H,5,13-15,22-25H2,1-4H3,(H-,37,38,39)/p+1. The van der Waals surface area contributed by atoms with Gasteiger partial charge >= 0.3 is 5.97 Å². The molecule has 1 unspecified atom stereocenters. The summed E-state index contributed by atoms with van der Waals surface area (Å²) in [6.07, 6.45) is 14.7. The molecule has 2 aliphatic heterocycles. The van der Waals surface area contributed by atoms with Crippen LogP contribution in [0.4, 0.5) is 11.4 Å². The highest BCUT2D eigenvalue weighted by Gasteiger charge is 2.44. The summed E-state index contributed by atoms with van der Waals surface area (Å²) < 4.78 is 2.42. The van der Waals surface area contributed by atoms with E-state index >= 15 is 0 Å². The van der Waals surface area contributed by atoms with Crippen LogP contribution in [0.25, 0.3) is 0 Å². The molecule has 2 aromatic rings. The van der Waals surface area contributed by atoms with Gasteiger partial charge in [-0.05, 0) is 70.4 Å². The number of hydrogen-bond donors (Lipinski definition) is 2. The number of nitrogens with zero attached hydrogens (tertiary/aromatic N) is 2. The van der Waals surface area contributed by atoms with Gasteiger partial charge in [0, 0.05) is 47.5 Å². The maximum absolute atomic E-state index is 11.1. The van der Waals surface area contributed by atoms with Crippen LogP contribution < -0.4 is 4.90 Å². The third-order valence-corrected chi connectivity index (χ3v) is 8.66. The van der Waals surface area contributed by atoms with Gasteiger partial charge in [-0.2, -0.15) is 17.2 Å². The number of hydrogen-bond acceptors (Lipinski definition) is 3. The number of para-hydroxylation sites is 2. The van der Waals surface area contributed by atoms with E-state index in [1.165, 1.54) is 33.9 Å². The predicted octanol–water partition coefficient (Wildman–Crippen LogP) is 7.82. The number of benzene rings is 2. The largest absolute Gasteiger partial charge is 0.481 e. The Morgan fingerprint density at radius 1 is 0.974 bits per heavy atom. The van der Waals surface area contributed by atoms with E-state index in [9.17, 15) is 4.79 Å². The minimum atomic E-state index is -0.721. The molecule has 4 nitrogen and oxygen atoms in total. The number of anilines is 1. The molecule has 0 amide bonds. The Morgan fingerprint density at radius 2 is 1.69 bits per heavy atom. The van der Waals surface area contributed by atoms with E-state index in [-0.39, 0.29) is 17.3 Å². The van der Waals surface area contributed by atoms with Crippen molar-refractivity contribution in [3.63, 3.8) is 0 Å². The second kappa shape index (κ2) is 12.4. The van der Waals surface area contributed by atoms with E-state index in [2.05, 4.69) is 129 Å². The van der Waals surface area contributed by atoms with E-state index in [0.717, 1.165) is 38.1 Å². The van der Waals surface area contributed by atoms with Gasteiger partial charge in [-0.25, -0.2) is 0 Å². The molecular weight excluding hydrogens is 500 g/mol. The van der Waals surface area contributed by atoms with Crippen LogP contribution in [0.1, 0.15) is 70.9 Å². The van der Waals surface area contributed by atoms with Gasteiger partial charge in [-0.1, -0.05) is 61.0 Å². The molecule has 0 aromatic heterocycles. The van der Waals surface area contributed by atoms with E-state index in [4.69, 9.17) is 5.11 Å². The third kappa shape index (κ3) is 5.79. The Balaban J connectivity index is 1.62. The minimum Gasteiger partial charge on any atom is -0.481 e. The van der Waals surface area contributed by atoms with E-state index in [0.29, 0.717) is 6.42 Å². The summed E-state index contributed by atoms with van der Waals surface area (Å²) in [5.41, 5.74) is 7.66. The lowest BCUT2D eigenvalue weighted by molar-refractivity contribution is -0.433. The van der Waals surface area contributed by atoms with Crippen molar-refractivity contribution >= 4 is 35.7 Å². The molecule has 206 valence electrons. The monoisotopic (exact) mass is 543 g/mol. The van der Waals surface area contributed by atoms with Crippen molar-refractivity contribution < 1.29 is 14.5 Å². The molecule has 0 radical (unpaired) electrons. The number of carboxylic acid groups (broad SMARTS) is 1. The summed E-state index contributed by atoms with van der Waals surface area (Å²) in [5, 5.41) is 9.13. The van der Waals surface area contributed by atoms with Gasteiger partial charge in [0.2, 0.25) is 5.69 Å². The molecule has 2 aromatic carbocycles.